The summed E-state index contributed by atoms with van der Waals surface area (Å²) in [6.45, 7) is 0.566. The molecule has 142 valence electrons. The first-order valence-electron chi connectivity index (χ1n) is 8.61. The van der Waals surface area contributed by atoms with Crippen LogP contribution in [-0.4, -0.2) is 27.5 Å². The van der Waals surface area contributed by atoms with E-state index in [-0.39, 0.29) is 24.2 Å². The van der Waals surface area contributed by atoms with Crippen LogP contribution in [0.2, 0.25) is 0 Å². The summed E-state index contributed by atoms with van der Waals surface area (Å²) >= 11 is 0. The van der Waals surface area contributed by atoms with Gasteiger partial charge in [-0.05, 0) is 18.4 Å². The number of hydrogen-bond donors (Lipinski definition) is 0. The number of alkyl halides is 3. The Morgan fingerprint density at radius 2 is 1.93 bits per heavy atom. The molecule has 8 heteroatoms. The largest absolute Gasteiger partial charge is 0.471 e. The molecule has 1 heterocycles. The van der Waals surface area contributed by atoms with Gasteiger partial charge in [0.15, 0.2) is 0 Å². The summed E-state index contributed by atoms with van der Waals surface area (Å²) in [4.78, 5) is 17.6. The molecule has 1 aliphatic rings. The Kier molecular flexibility index (Phi) is 5.49. The van der Waals surface area contributed by atoms with Crippen LogP contribution in [0, 0.1) is 18.3 Å². The summed E-state index contributed by atoms with van der Waals surface area (Å²) in [7, 11) is 0. The lowest BCUT2D eigenvalue weighted by atomic mass is 10.1. The Morgan fingerprint density at radius 1 is 1.26 bits per heavy atom. The standard InChI is InChI=1S/C19H18F3N3O2/c1-2-11-25(17(26)15-5-3-4-6-15)12-13-7-9-14(10-8-13)16-23-18(27-24-16)19(20,21)22/h1,7-10,15H,3-6,11-12H2. The van der Waals surface area contributed by atoms with Crippen molar-refractivity contribution < 1.29 is 22.5 Å². The van der Waals surface area contributed by atoms with Crippen LogP contribution >= 0.6 is 0 Å². The second kappa shape index (κ2) is 7.82. The number of aromatic nitrogens is 2. The van der Waals surface area contributed by atoms with E-state index in [0.29, 0.717) is 12.1 Å². The summed E-state index contributed by atoms with van der Waals surface area (Å²) in [5.41, 5.74) is 1.21. The molecule has 1 aromatic heterocycles. The highest BCUT2D eigenvalue weighted by atomic mass is 19.4. The van der Waals surface area contributed by atoms with E-state index in [1.165, 1.54) is 0 Å². The van der Waals surface area contributed by atoms with Crippen LogP contribution in [-0.2, 0) is 17.5 Å². The average Bonchev–Trinajstić information content (AvgIpc) is 3.33. The first-order valence-corrected chi connectivity index (χ1v) is 8.61. The number of carbonyl (C=O) groups is 1. The van der Waals surface area contributed by atoms with Crippen molar-refractivity contribution in [2.24, 2.45) is 5.92 Å². The van der Waals surface area contributed by atoms with Crippen molar-refractivity contribution in [2.75, 3.05) is 6.54 Å². The smallest absolute Gasteiger partial charge is 0.329 e. The molecule has 3 rings (SSSR count). The van der Waals surface area contributed by atoms with Crippen LogP contribution in [0.3, 0.4) is 0 Å². The van der Waals surface area contributed by atoms with Crippen LogP contribution in [0.15, 0.2) is 28.8 Å². The molecular formula is C19H18F3N3O2. The number of terminal acetylenes is 1. The maximum atomic E-state index is 12.6. The fourth-order valence-electron chi connectivity index (χ4n) is 3.19. The molecule has 0 unspecified atom stereocenters. The molecule has 1 saturated carbocycles. The van der Waals surface area contributed by atoms with Crippen molar-refractivity contribution >= 4 is 5.91 Å². The van der Waals surface area contributed by atoms with Crippen molar-refractivity contribution in [1.82, 2.24) is 15.0 Å². The molecular weight excluding hydrogens is 359 g/mol. The maximum Gasteiger partial charge on any atom is 0.471 e. The van der Waals surface area contributed by atoms with E-state index < -0.39 is 12.1 Å². The number of benzene rings is 1. The minimum Gasteiger partial charge on any atom is -0.329 e. The fraction of sp³-hybridized carbons (Fsp3) is 0.421. The van der Waals surface area contributed by atoms with Gasteiger partial charge in [-0.3, -0.25) is 4.79 Å². The van der Waals surface area contributed by atoms with Gasteiger partial charge in [-0.15, -0.1) is 6.42 Å². The molecule has 0 N–H and O–H groups in total. The van der Waals surface area contributed by atoms with E-state index in [2.05, 4.69) is 20.6 Å². The predicted molar refractivity (Wildman–Crippen MR) is 90.9 cm³/mol. The first kappa shape index (κ1) is 19.0. The summed E-state index contributed by atoms with van der Waals surface area (Å²) in [5, 5.41) is 3.36. The van der Waals surface area contributed by atoms with Gasteiger partial charge in [0.05, 0.1) is 6.54 Å². The van der Waals surface area contributed by atoms with Crippen molar-refractivity contribution in [1.29, 1.82) is 0 Å². The third kappa shape index (κ3) is 4.48. The van der Waals surface area contributed by atoms with Crippen LogP contribution in [0.5, 0.6) is 0 Å². The fourth-order valence-corrected chi connectivity index (χ4v) is 3.19. The molecule has 0 aliphatic heterocycles. The quantitative estimate of drug-likeness (QED) is 0.742. The molecule has 1 aliphatic carbocycles. The maximum absolute atomic E-state index is 12.6. The van der Waals surface area contributed by atoms with Gasteiger partial charge in [-0.25, -0.2) is 0 Å². The molecule has 0 radical (unpaired) electrons. The van der Waals surface area contributed by atoms with E-state index in [9.17, 15) is 18.0 Å². The molecule has 1 fully saturated rings. The number of hydrogen-bond acceptors (Lipinski definition) is 4. The van der Waals surface area contributed by atoms with E-state index in [1.807, 2.05) is 0 Å². The number of rotatable bonds is 5. The first-order chi connectivity index (χ1) is 12.9. The number of halogens is 3. The average molecular weight is 377 g/mol. The van der Waals surface area contributed by atoms with Gasteiger partial charge in [0, 0.05) is 18.0 Å². The third-order valence-electron chi connectivity index (χ3n) is 4.55. The van der Waals surface area contributed by atoms with E-state index in [0.717, 1.165) is 31.2 Å². The highest BCUT2D eigenvalue weighted by molar-refractivity contribution is 5.79. The van der Waals surface area contributed by atoms with Gasteiger partial charge >= 0.3 is 12.1 Å². The lowest BCUT2D eigenvalue weighted by molar-refractivity contribution is -0.159. The van der Waals surface area contributed by atoms with Gasteiger partial charge in [0.25, 0.3) is 0 Å². The van der Waals surface area contributed by atoms with Crippen LogP contribution in [0.25, 0.3) is 11.4 Å². The minimum absolute atomic E-state index is 0.0257. The molecule has 0 spiro atoms. The van der Waals surface area contributed by atoms with Crippen molar-refractivity contribution in [3.63, 3.8) is 0 Å². The molecule has 1 aromatic carbocycles. The lowest BCUT2D eigenvalue weighted by Gasteiger charge is -2.23. The normalized spacial score (nSPS) is 14.9. The van der Waals surface area contributed by atoms with Crippen LogP contribution in [0.1, 0.15) is 37.1 Å². The SMILES string of the molecule is C#CCN(Cc1ccc(-c2noc(C(F)(F)F)n2)cc1)C(=O)C1CCCC1. The zero-order chi connectivity index (χ0) is 19.4. The van der Waals surface area contributed by atoms with Gasteiger partial charge in [-0.2, -0.15) is 18.2 Å². The van der Waals surface area contributed by atoms with Crippen molar-refractivity contribution in [3.8, 4) is 23.7 Å². The Hall–Kier alpha value is -2.82. The van der Waals surface area contributed by atoms with Gasteiger partial charge in [0.1, 0.15) is 0 Å². The summed E-state index contributed by atoms with van der Waals surface area (Å²) < 4.78 is 41.9. The zero-order valence-electron chi connectivity index (χ0n) is 14.5. The molecule has 5 nitrogen and oxygen atoms in total. The zero-order valence-corrected chi connectivity index (χ0v) is 14.5. The molecule has 1 amide bonds. The highest BCUT2D eigenvalue weighted by Gasteiger charge is 2.38. The molecule has 27 heavy (non-hydrogen) atoms. The van der Waals surface area contributed by atoms with Gasteiger partial charge in [-0.1, -0.05) is 48.2 Å². The Morgan fingerprint density at radius 3 is 2.48 bits per heavy atom. The monoisotopic (exact) mass is 377 g/mol. The molecule has 0 saturated heterocycles. The van der Waals surface area contributed by atoms with Gasteiger partial charge in [0.2, 0.25) is 11.7 Å². The second-order valence-electron chi connectivity index (χ2n) is 6.50. The van der Waals surface area contributed by atoms with Crippen LogP contribution < -0.4 is 0 Å². The summed E-state index contributed by atoms with van der Waals surface area (Å²) in [5.74, 6) is 1.07. The summed E-state index contributed by atoms with van der Waals surface area (Å²) in [6.07, 6.45) is 4.60. The van der Waals surface area contributed by atoms with E-state index >= 15 is 0 Å². The topological polar surface area (TPSA) is 59.2 Å². The third-order valence-corrected chi connectivity index (χ3v) is 4.55. The van der Waals surface area contributed by atoms with Gasteiger partial charge < -0.3 is 9.42 Å². The number of nitrogens with zero attached hydrogens (tertiary/aromatic N) is 3. The second-order valence-corrected chi connectivity index (χ2v) is 6.50. The molecule has 0 bridgehead atoms. The Labute approximate surface area is 154 Å². The van der Waals surface area contributed by atoms with Crippen LogP contribution in [0.4, 0.5) is 13.2 Å². The van der Waals surface area contributed by atoms with E-state index in [1.54, 1.807) is 29.2 Å². The summed E-state index contributed by atoms with van der Waals surface area (Å²) in [6, 6.07) is 6.61. The van der Waals surface area contributed by atoms with Crippen molar-refractivity contribution in [3.05, 3.63) is 35.7 Å². The van der Waals surface area contributed by atoms with Crippen molar-refractivity contribution in [2.45, 2.75) is 38.4 Å². The minimum atomic E-state index is -4.68. The Balaban J connectivity index is 1.71. The predicted octanol–water partition coefficient (Wildman–Crippen LogP) is 3.91. The highest BCUT2D eigenvalue weighted by Crippen LogP contribution is 2.30. The Bertz CT molecular complexity index is 831. The molecule has 2 aromatic rings. The number of carbonyl (C=O) groups excluding carboxylic acids is 1. The molecule has 0 atom stereocenters. The lowest BCUT2D eigenvalue weighted by Crippen LogP contribution is -2.35. The number of amides is 1. The van der Waals surface area contributed by atoms with E-state index in [4.69, 9.17) is 6.42 Å².